The Kier molecular flexibility index (Phi) is 4.21. The van der Waals surface area contributed by atoms with Crippen LogP contribution in [-0.4, -0.2) is 21.5 Å². The van der Waals surface area contributed by atoms with E-state index in [2.05, 4.69) is 43.5 Å². The average molecular weight is 421 g/mol. The van der Waals surface area contributed by atoms with Gasteiger partial charge in [0.1, 0.15) is 11.8 Å². The number of esters is 1. The molecule has 3 unspecified atom stereocenters. The Morgan fingerprint density at radius 2 is 1.97 bits per heavy atom. The lowest BCUT2D eigenvalue weighted by molar-refractivity contribution is -0.157. The van der Waals surface area contributed by atoms with Crippen molar-refractivity contribution in [3.05, 3.63) is 35.3 Å². The van der Waals surface area contributed by atoms with Gasteiger partial charge in [0, 0.05) is 24.2 Å². The molecule has 0 radical (unpaired) electrons. The molecule has 7 atom stereocenters. The fourth-order valence-corrected chi connectivity index (χ4v) is 8.61. The number of imidazole rings is 1. The van der Waals surface area contributed by atoms with Crippen LogP contribution in [-0.2, 0) is 21.4 Å². The molecule has 4 aliphatic rings. The second-order valence-electron chi connectivity index (χ2n) is 11.7. The highest BCUT2D eigenvalue weighted by molar-refractivity contribution is 5.66. The number of aromatic nitrogens is 2. The van der Waals surface area contributed by atoms with Gasteiger partial charge in [-0.05, 0) is 99.0 Å². The third-order valence-corrected chi connectivity index (χ3v) is 10.2. The van der Waals surface area contributed by atoms with Gasteiger partial charge in [0.2, 0.25) is 0 Å². The molecular formula is C27H36N2O2. The number of pyridine rings is 1. The van der Waals surface area contributed by atoms with Crippen LogP contribution in [0, 0.1) is 36.0 Å². The largest absolute Gasteiger partial charge is 0.463 e. The molecule has 0 saturated heterocycles. The predicted octanol–water partition coefficient (Wildman–Crippen LogP) is 5.63. The number of aryl methyl sites for hydroxylation is 1. The van der Waals surface area contributed by atoms with Crippen molar-refractivity contribution in [2.45, 2.75) is 90.6 Å². The quantitative estimate of drug-likeness (QED) is 0.562. The van der Waals surface area contributed by atoms with E-state index >= 15 is 0 Å². The zero-order chi connectivity index (χ0) is 21.5. The van der Waals surface area contributed by atoms with Gasteiger partial charge in [-0.1, -0.05) is 19.9 Å². The van der Waals surface area contributed by atoms with Gasteiger partial charge < -0.3 is 9.14 Å². The fraction of sp³-hybridized carbons (Fsp3) is 0.704. The molecule has 31 heavy (non-hydrogen) atoms. The van der Waals surface area contributed by atoms with E-state index in [9.17, 15) is 4.79 Å². The summed E-state index contributed by atoms with van der Waals surface area (Å²) < 4.78 is 8.03. The highest BCUT2D eigenvalue weighted by atomic mass is 16.5. The van der Waals surface area contributed by atoms with E-state index in [1.54, 1.807) is 6.92 Å². The summed E-state index contributed by atoms with van der Waals surface area (Å²) in [5, 5.41) is 0. The first kappa shape index (κ1) is 19.8. The summed E-state index contributed by atoms with van der Waals surface area (Å²) in [6.07, 6.45) is 12.2. The molecule has 2 aromatic heterocycles. The monoisotopic (exact) mass is 420 g/mol. The molecule has 166 valence electrons. The van der Waals surface area contributed by atoms with Gasteiger partial charge in [-0.2, -0.15) is 0 Å². The molecule has 2 aromatic rings. The SMILES string of the molecule is CC(=O)O[C@H]1CC[C@]2(C)C3CC[C@]4(C)c5nc6ccc(C)cn6c5CC4C3CC[C@H]2C1. The Hall–Kier alpha value is -1.84. The van der Waals surface area contributed by atoms with E-state index in [1.165, 1.54) is 55.5 Å². The van der Waals surface area contributed by atoms with Crippen molar-refractivity contribution >= 4 is 11.6 Å². The van der Waals surface area contributed by atoms with Gasteiger partial charge >= 0.3 is 5.97 Å². The molecule has 6 rings (SSSR count). The van der Waals surface area contributed by atoms with Crippen LogP contribution in [0.1, 0.15) is 82.7 Å². The molecule has 3 fully saturated rings. The number of carbonyl (C=O) groups is 1. The van der Waals surface area contributed by atoms with E-state index in [0.29, 0.717) is 11.3 Å². The van der Waals surface area contributed by atoms with E-state index < -0.39 is 0 Å². The van der Waals surface area contributed by atoms with Crippen LogP contribution in [0.15, 0.2) is 18.3 Å². The first-order valence-electron chi connectivity index (χ1n) is 12.4. The van der Waals surface area contributed by atoms with E-state index in [4.69, 9.17) is 9.72 Å². The second kappa shape index (κ2) is 6.59. The van der Waals surface area contributed by atoms with Gasteiger partial charge in [-0.15, -0.1) is 0 Å². The molecular weight excluding hydrogens is 384 g/mol. The molecule has 0 spiro atoms. The molecule has 4 nitrogen and oxygen atoms in total. The maximum absolute atomic E-state index is 11.5. The summed E-state index contributed by atoms with van der Waals surface area (Å²) in [5.41, 5.74) is 5.95. The Morgan fingerprint density at radius 1 is 1.13 bits per heavy atom. The van der Waals surface area contributed by atoms with Crippen LogP contribution in [0.25, 0.3) is 5.65 Å². The molecule has 2 heterocycles. The smallest absolute Gasteiger partial charge is 0.302 e. The van der Waals surface area contributed by atoms with E-state index in [0.717, 1.165) is 36.2 Å². The minimum absolute atomic E-state index is 0.112. The normalized spacial score (nSPS) is 41.2. The number of hydrogen-bond donors (Lipinski definition) is 0. The highest BCUT2D eigenvalue weighted by Gasteiger charge is 2.60. The molecule has 0 N–H and O–H groups in total. The van der Waals surface area contributed by atoms with Crippen molar-refractivity contribution in [2.24, 2.45) is 29.1 Å². The van der Waals surface area contributed by atoms with Crippen molar-refractivity contribution in [2.75, 3.05) is 0 Å². The van der Waals surface area contributed by atoms with Gasteiger partial charge in [-0.25, -0.2) is 4.98 Å². The van der Waals surface area contributed by atoms with Gasteiger partial charge in [0.15, 0.2) is 0 Å². The zero-order valence-corrected chi connectivity index (χ0v) is 19.5. The standard InChI is InChI=1S/C27H36N2O2/c1-16-5-8-24-28-25-23(29(24)15-16)14-22-20-7-6-18-13-19(31-17(2)30)9-11-26(18,3)21(20)10-12-27(22,25)4/h5,8,15,18-22H,6-7,9-14H2,1-4H3/t18-,19-,20?,21?,22?,26-,27-/m0/s1. The highest BCUT2D eigenvalue weighted by Crippen LogP contribution is 2.65. The van der Waals surface area contributed by atoms with Crippen LogP contribution in [0.4, 0.5) is 0 Å². The topological polar surface area (TPSA) is 43.6 Å². The summed E-state index contributed by atoms with van der Waals surface area (Å²) in [5.74, 6) is 2.94. The number of rotatable bonds is 1. The molecule has 0 aromatic carbocycles. The van der Waals surface area contributed by atoms with Crippen molar-refractivity contribution in [3.63, 3.8) is 0 Å². The van der Waals surface area contributed by atoms with Gasteiger partial charge in [0.05, 0.1) is 5.69 Å². The zero-order valence-electron chi connectivity index (χ0n) is 19.5. The van der Waals surface area contributed by atoms with Gasteiger partial charge in [0.25, 0.3) is 0 Å². The Bertz CT molecular complexity index is 1060. The van der Waals surface area contributed by atoms with E-state index in [1.807, 2.05) is 0 Å². The summed E-state index contributed by atoms with van der Waals surface area (Å²) >= 11 is 0. The van der Waals surface area contributed by atoms with Crippen LogP contribution in [0.3, 0.4) is 0 Å². The minimum atomic E-state index is -0.112. The van der Waals surface area contributed by atoms with Crippen LogP contribution >= 0.6 is 0 Å². The molecule has 0 aliphatic heterocycles. The number of nitrogens with zero attached hydrogens (tertiary/aromatic N) is 2. The fourth-order valence-electron chi connectivity index (χ4n) is 8.61. The lowest BCUT2D eigenvalue weighted by Gasteiger charge is -2.60. The first-order chi connectivity index (χ1) is 14.8. The third kappa shape index (κ3) is 2.72. The summed E-state index contributed by atoms with van der Waals surface area (Å²) in [6.45, 7) is 8.83. The Morgan fingerprint density at radius 3 is 2.77 bits per heavy atom. The number of carbonyl (C=O) groups excluding carboxylic acids is 1. The Balaban J connectivity index is 1.31. The van der Waals surface area contributed by atoms with Crippen molar-refractivity contribution in [3.8, 4) is 0 Å². The van der Waals surface area contributed by atoms with Crippen LogP contribution in [0.2, 0.25) is 0 Å². The van der Waals surface area contributed by atoms with Crippen LogP contribution in [0.5, 0.6) is 0 Å². The maximum atomic E-state index is 11.5. The third-order valence-electron chi connectivity index (χ3n) is 10.2. The molecule has 4 heteroatoms. The number of fused-ring (bicyclic) bond motifs is 9. The summed E-state index contributed by atoms with van der Waals surface area (Å²) in [7, 11) is 0. The predicted molar refractivity (Wildman–Crippen MR) is 121 cm³/mol. The van der Waals surface area contributed by atoms with Crippen molar-refractivity contribution < 1.29 is 9.53 Å². The summed E-state index contributed by atoms with van der Waals surface area (Å²) in [4.78, 5) is 16.7. The Labute approximate surface area is 185 Å². The average Bonchev–Trinajstić information content (AvgIpc) is 3.22. The second-order valence-corrected chi connectivity index (χ2v) is 11.7. The van der Waals surface area contributed by atoms with Gasteiger partial charge in [-0.3, -0.25) is 4.79 Å². The molecule has 0 bridgehead atoms. The van der Waals surface area contributed by atoms with Crippen molar-refractivity contribution in [1.29, 1.82) is 0 Å². The maximum Gasteiger partial charge on any atom is 0.302 e. The first-order valence-corrected chi connectivity index (χ1v) is 12.4. The molecule has 4 aliphatic carbocycles. The number of hydrogen-bond acceptors (Lipinski definition) is 3. The molecule has 3 saturated carbocycles. The number of ether oxygens (including phenoxy) is 1. The summed E-state index contributed by atoms with van der Waals surface area (Å²) in [6, 6.07) is 4.37. The molecule has 0 amide bonds. The minimum Gasteiger partial charge on any atom is -0.463 e. The lowest BCUT2D eigenvalue weighted by Crippen LogP contribution is -2.54. The van der Waals surface area contributed by atoms with Crippen LogP contribution < -0.4 is 0 Å². The lowest BCUT2D eigenvalue weighted by atomic mass is 9.45. The van der Waals surface area contributed by atoms with E-state index in [-0.39, 0.29) is 17.5 Å². The van der Waals surface area contributed by atoms with Crippen molar-refractivity contribution in [1.82, 2.24) is 9.38 Å².